The van der Waals surface area contributed by atoms with Crippen molar-refractivity contribution in [2.24, 2.45) is 20.2 Å². The first-order chi connectivity index (χ1) is 15.1. The zero-order chi connectivity index (χ0) is 23.8. The Bertz CT molecular complexity index is 862. The predicted octanol–water partition coefficient (Wildman–Crippen LogP) is 3.53. The van der Waals surface area contributed by atoms with Crippen LogP contribution >= 0.6 is 0 Å². The number of nitrogens with one attached hydrogen (secondary N) is 2. The Kier molecular flexibility index (Phi) is 12.0. The number of nitrogens with zero attached hydrogens (tertiary/aromatic N) is 5. The molecule has 0 aromatic carbocycles. The first-order valence-electron chi connectivity index (χ1n) is 11.0. The largest absolute Gasteiger partial charge is 2.00 e. The summed E-state index contributed by atoms with van der Waals surface area (Å²) in [6, 6.07) is 3.87. The van der Waals surface area contributed by atoms with Crippen LogP contribution in [0.1, 0.15) is 72.3 Å². The maximum Gasteiger partial charge on any atom is 2.00 e. The molecular weight excluding hydrogens is 506 g/mol. The van der Waals surface area contributed by atoms with Gasteiger partial charge in [0.05, 0.1) is 12.8 Å². The van der Waals surface area contributed by atoms with Crippen LogP contribution in [0, 0.1) is 0 Å². The van der Waals surface area contributed by atoms with Crippen molar-refractivity contribution in [3.63, 3.8) is 0 Å². The van der Waals surface area contributed by atoms with Crippen molar-refractivity contribution in [2.75, 3.05) is 13.1 Å². The Hall–Kier alpha value is -1.52. The van der Waals surface area contributed by atoms with Crippen LogP contribution in [0.2, 0.25) is 0 Å². The van der Waals surface area contributed by atoms with E-state index in [1.807, 2.05) is 26.0 Å². The molecular formula is C22H35CuN7OS2. The van der Waals surface area contributed by atoms with E-state index in [1.54, 1.807) is 0 Å². The molecule has 1 aromatic heterocycles. The topological polar surface area (TPSA) is 89.9 Å². The second kappa shape index (κ2) is 13.4. The molecule has 2 N–H and O–H groups in total. The minimum absolute atomic E-state index is 0. The van der Waals surface area contributed by atoms with Crippen molar-refractivity contribution in [3.05, 3.63) is 23.7 Å². The number of likely N-dealkylation sites (tertiary alicyclic amines) is 1. The third-order valence-corrected chi connectivity index (χ3v) is 5.93. The van der Waals surface area contributed by atoms with Gasteiger partial charge in [-0.3, -0.25) is 25.7 Å². The van der Waals surface area contributed by atoms with Gasteiger partial charge < -0.3 is 29.7 Å². The Morgan fingerprint density at radius 2 is 1.61 bits per heavy atom. The smallest absolute Gasteiger partial charge is 0.741 e. The molecule has 0 saturated carbocycles. The zero-order valence-corrected chi connectivity index (χ0v) is 22.8. The van der Waals surface area contributed by atoms with E-state index in [4.69, 9.17) is 29.7 Å². The van der Waals surface area contributed by atoms with Crippen molar-refractivity contribution >= 4 is 47.5 Å². The van der Waals surface area contributed by atoms with Gasteiger partial charge >= 0.3 is 17.1 Å². The average Bonchev–Trinajstić information content (AvgIpc) is 3.16. The Labute approximate surface area is 219 Å². The van der Waals surface area contributed by atoms with Crippen molar-refractivity contribution in [3.8, 4) is 0 Å². The molecule has 33 heavy (non-hydrogen) atoms. The van der Waals surface area contributed by atoms with Gasteiger partial charge in [0.2, 0.25) is 0 Å². The molecule has 0 bridgehead atoms. The summed E-state index contributed by atoms with van der Waals surface area (Å²) in [7, 11) is 0. The van der Waals surface area contributed by atoms with Gasteiger partial charge in [0.25, 0.3) is 0 Å². The second-order valence-corrected chi connectivity index (χ2v) is 9.64. The molecule has 1 radical (unpaired) electrons. The van der Waals surface area contributed by atoms with Crippen LogP contribution in [-0.2, 0) is 48.9 Å². The number of furan rings is 1. The van der Waals surface area contributed by atoms with Gasteiger partial charge in [-0.1, -0.05) is 0 Å². The molecule has 0 atom stereocenters. The minimum atomic E-state index is 0. The Balaban J connectivity index is 0.00000544. The summed E-state index contributed by atoms with van der Waals surface area (Å²) < 4.78 is 6.17. The van der Waals surface area contributed by atoms with Crippen LogP contribution in [0.5, 0.6) is 0 Å². The number of hydrazone groups is 2. The summed E-state index contributed by atoms with van der Waals surface area (Å²) in [5.74, 6) is 1.44. The fraction of sp³-hybridized carbons (Fsp3) is 0.636. The number of aliphatic imine (C=N–C) groups is 2. The van der Waals surface area contributed by atoms with Crippen molar-refractivity contribution in [1.82, 2.24) is 15.8 Å². The van der Waals surface area contributed by atoms with Gasteiger partial charge in [0.15, 0.2) is 5.76 Å². The van der Waals surface area contributed by atoms with Crippen LogP contribution in [0.3, 0.4) is 0 Å². The molecule has 0 aliphatic carbocycles. The molecule has 1 aliphatic rings. The monoisotopic (exact) mass is 540 g/mol. The first-order valence-corrected chi connectivity index (χ1v) is 11.8. The second-order valence-electron chi connectivity index (χ2n) is 8.87. The van der Waals surface area contributed by atoms with Crippen LogP contribution < -0.4 is 10.9 Å². The number of piperidine rings is 1. The molecule has 1 fully saturated rings. The van der Waals surface area contributed by atoms with E-state index in [-0.39, 0.29) is 28.1 Å². The maximum atomic E-state index is 6.17. The number of amidine groups is 2. The molecule has 0 spiro atoms. The molecule has 11 heteroatoms. The van der Waals surface area contributed by atoms with E-state index in [1.165, 1.54) is 25.5 Å². The van der Waals surface area contributed by atoms with Gasteiger partial charge in [-0.15, -0.1) is 0 Å². The molecule has 2 rings (SSSR count). The van der Waals surface area contributed by atoms with Crippen LogP contribution in [0.15, 0.2) is 36.7 Å². The number of hydrogen-bond acceptors (Lipinski definition) is 8. The number of rotatable bonds is 8. The SMILES string of the molecule is CCN=C([S-])N/N=C(/C=N/NC([S-])=NCC)c1ccc(CN2C(C)(C)CCCC2(C)C)o1.[Cu+2]. The Morgan fingerprint density at radius 1 is 1.03 bits per heavy atom. The summed E-state index contributed by atoms with van der Waals surface area (Å²) in [5, 5.41) is 9.08. The summed E-state index contributed by atoms with van der Waals surface area (Å²) in [6.07, 6.45) is 5.09. The van der Waals surface area contributed by atoms with Crippen LogP contribution in [0.25, 0.3) is 0 Å². The average molecular weight is 541 g/mol. The van der Waals surface area contributed by atoms with Crippen LogP contribution in [0.4, 0.5) is 0 Å². The zero-order valence-electron chi connectivity index (χ0n) is 20.2. The fourth-order valence-corrected chi connectivity index (χ4v) is 4.35. The minimum Gasteiger partial charge on any atom is -0.741 e. The maximum absolute atomic E-state index is 6.17. The summed E-state index contributed by atoms with van der Waals surface area (Å²) in [4.78, 5) is 10.7. The summed E-state index contributed by atoms with van der Waals surface area (Å²) in [5.41, 5.74) is 6.15. The fourth-order valence-electron chi connectivity index (χ4n) is 3.99. The summed E-state index contributed by atoms with van der Waals surface area (Å²) >= 11 is 10.2. The van der Waals surface area contributed by atoms with E-state index in [0.717, 1.165) is 12.3 Å². The Morgan fingerprint density at radius 3 is 2.18 bits per heavy atom. The van der Waals surface area contributed by atoms with Crippen molar-refractivity contribution < 1.29 is 21.5 Å². The third-order valence-electron chi connectivity index (χ3n) is 5.49. The van der Waals surface area contributed by atoms with Gasteiger partial charge in [-0.2, -0.15) is 10.2 Å². The molecule has 8 nitrogen and oxygen atoms in total. The molecule has 1 aromatic rings. The number of hydrogen-bond donors (Lipinski definition) is 2. The van der Waals surface area contributed by atoms with Crippen molar-refractivity contribution in [2.45, 2.75) is 78.4 Å². The molecule has 2 heterocycles. The van der Waals surface area contributed by atoms with E-state index in [9.17, 15) is 0 Å². The molecule has 0 amide bonds. The van der Waals surface area contributed by atoms with E-state index in [2.05, 4.69) is 63.6 Å². The van der Waals surface area contributed by atoms with Gasteiger partial charge in [-0.05, 0) is 83.3 Å². The van der Waals surface area contributed by atoms with E-state index >= 15 is 0 Å². The summed E-state index contributed by atoms with van der Waals surface area (Å²) in [6.45, 7) is 14.9. The molecule has 187 valence electrons. The van der Waals surface area contributed by atoms with Gasteiger partial charge in [-0.25, -0.2) is 0 Å². The quantitative estimate of drug-likeness (QED) is 0.172. The normalized spacial score (nSPS) is 19.4. The van der Waals surface area contributed by atoms with Gasteiger partial charge in [0.1, 0.15) is 11.5 Å². The predicted molar refractivity (Wildman–Crippen MR) is 138 cm³/mol. The van der Waals surface area contributed by atoms with Crippen LogP contribution in [-0.4, -0.2) is 51.3 Å². The van der Waals surface area contributed by atoms with E-state index in [0.29, 0.717) is 34.9 Å². The molecule has 0 unspecified atom stereocenters. The van der Waals surface area contributed by atoms with Gasteiger partial charge in [0, 0.05) is 24.2 Å². The first kappa shape index (κ1) is 29.5. The molecule has 1 aliphatic heterocycles. The molecule has 1 saturated heterocycles. The third kappa shape index (κ3) is 8.98. The van der Waals surface area contributed by atoms with E-state index < -0.39 is 0 Å². The standard InChI is InChI=1S/C22H37N7OS2.Cu/c1-7-23-19(31)27-25-14-17(26-28-20(32)24-8-2)18-11-10-16(30-18)15-29-21(3,4)12-9-13-22(29,5)6;/h10-11,14H,7-9,12-13,15H2,1-6H3,(H2,23,27,31)(H2,24,28,32);/q;+2/p-2/b25-14+,26-17-;. The van der Waals surface area contributed by atoms with Crippen molar-refractivity contribution in [1.29, 1.82) is 0 Å².